The van der Waals surface area contributed by atoms with Crippen molar-refractivity contribution in [1.29, 1.82) is 0 Å². The van der Waals surface area contributed by atoms with Crippen molar-refractivity contribution in [1.82, 2.24) is 24.6 Å². The van der Waals surface area contributed by atoms with Crippen LogP contribution in [0.1, 0.15) is 37.7 Å². The van der Waals surface area contributed by atoms with Crippen LogP contribution < -0.4 is 0 Å². The van der Waals surface area contributed by atoms with E-state index in [0.29, 0.717) is 11.8 Å². The van der Waals surface area contributed by atoms with E-state index >= 15 is 0 Å². The number of pyridine rings is 1. The van der Waals surface area contributed by atoms with Crippen LogP contribution in [0.4, 0.5) is 0 Å². The van der Waals surface area contributed by atoms with Crippen molar-refractivity contribution < 1.29 is 4.79 Å². The molecule has 6 nitrogen and oxygen atoms in total. The third-order valence-electron chi connectivity index (χ3n) is 5.77. The summed E-state index contributed by atoms with van der Waals surface area (Å²) >= 11 is 1.45. The van der Waals surface area contributed by atoms with E-state index in [1.807, 2.05) is 40.8 Å². The Morgan fingerprint density at radius 1 is 1.10 bits per heavy atom. The molecule has 0 unspecified atom stereocenters. The fourth-order valence-corrected chi connectivity index (χ4v) is 4.85. The maximum Gasteiger partial charge on any atom is 0.233 e. The highest BCUT2D eigenvalue weighted by atomic mass is 32.2. The van der Waals surface area contributed by atoms with E-state index in [9.17, 15) is 4.79 Å². The number of hydrogen-bond donors (Lipinski definition) is 0. The van der Waals surface area contributed by atoms with Gasteiger partial charge in [0.05, 0.1) is 11.4 Å². The number of amides is 1. The third kappa shape index (κ3) is 4.41. The molecule has 4 rings (SSSR count). The molecule has 7 heteroatoms. The number of rotatable bonds is 6. The number of nitrogens with zero attached hydrogens (tertiary/aromatic N) is 5. The Balaban J connectivity index is 1.60. The molecule has 30 heavy (non-hydrogen) atoms. The summed E-state index contributed by atoms with van der Waals surface area (Å²) in [6.07, 6.45) is 9.43. The first-order valence-corrected chi connectivity index (χ1v) is 11.4. The van der Waals surface area contributed by atoms with Gasteiger partial charge in [0.1, 0.15) is 0 Å². The molecule has 2 aromatic heterocycles. The number of hydrogen-bond acceptors (Lipinski definition) is 5. The third-order valence-corrected chi connectivity index (χ3v) is 6.68. The van der Waals surface area contributed by atoms with Crippen LogP contribution in [-0.2, 0) is 4.79 Å². The second kappa shape index (κ2) is 9.43. The molecule has 1 aromatic carbocycles. The number of para-hydroxylation sites is 1. The van der Waals surface area contributed by atoms with Crippen LogP contribution in [0.25, 0.3) is 17.1 Å². The molecule has 0 radical (unpaired) electrons. The molecule has 1 amide bonds. The van der Waals surface area contributed by atoms with Gasteiger partial charge in [-0.2, -0.15) is 0 Å². The molecule has 0 aliphatic heterocycles. The lowest BCUT2D eigenvalue weighted by Gasteiger charge is -2.31. The fourth-order valence-electron chi connectivity index (χ4n) is 3.98. The molecule has 156 valence electrons. The first-order chi connectivity index (χ1) is 14.6. The van der Waals surface area contributed by atoms with Crippen molar-refractivity contribution in [2.45, 2.75) is 50.2 Å². The Bertz CT molecular complexity index is 998. The summed E-state index contributed by atoms with van der Waals surface area (Å²) in [5.74, 6) is 1.26. The van der Waals surface area contributed by atoms with Gasteiger partial charge in [-0.25, -0.2) is 0 Å². The molecule has 0 N–H and O–H groups in total. The van der Waals surface area contributed by atoms with E-state index < -0.39 is 0 Å². The largest absolute Gasteiger partial charge is 0.342 e. The minimum absolute atomic E-state index is 0.150. The van der Waals surface area contributed by atoms with Gasteiger partial charge < -0.3 is 4.90 Å². The molecule has 0 saturated heterocycles. The SMILES string of the molecule is Cc1ccccc1-n1c(SCC(=O)N(C)C2CCCCC2)nnc1-c1ccncc1. The highest BCUT2D eigenvalue weighted by Gasteiger charge is 2.23. The predicted octanol–water partition coefficient (Wildman–Crippen LogP) is 4.52. The van der Waals surface area contributed by atoms with Gasteiger partial charge in [0.25, 0.3) is 0 Å². The van der Waals surface area contributed by atoms with Gasteiger partial charge in [0.15, 0.2) is 11.0 Å². The second-order valence-electron chi connectivity index (χ2n) is 7.75. The van der Waals surface area contributed by atoms with Crippen molar-refractivity contribution >= 4 is 17.7 Å². The van der Waals surface area contributed by atoms with Crippen LogP contribution in [0.2, 0.25) is 0 Å². The first-order valence-electron chi connectivity index (χ1n) is 10.5. The molecule has 3 aromatic rings. The number of aryl methyl sites for hydroxylation is 1. The number of carbonyl (C=O) groups excluding carboxylic acids is 1. The van der Waals surface area contributed by atoms with E-state index in [-0.39, 0.29) is 5.91 Å². The van der Waals surface area contributed by atoms with E-state index in [0.717, 1.165) is 40.6 Å². The van der Waals surface area contributed by atoms with E-state index in [1.54, 1.807) is 12.4 Å². The molecule has 1 aliphatic rings. The predicted molar refractivity (Wildman–Crippen MR) is 120 cm³/mol. The fraction of sp³-hybridized carbons (Fsp3) is 0.391. The molecule has 1 saturated carbocycles. The zero-order valence-corrected chi connectivity index (χ0v) is 18.3. The molecule has 0 atom stereocenters. The highest BCUT2D eigenvalue weighted by molar-refractivity contribution is 7.99. The Morgan fingerprint density at radius 2 is 1.83 bits per heavy atom. The molecule has 2 heterocycles. The normalized spacial score (nSPS) is 14.6. The summed E-state index contributed by atoms with van der Waals surface area (Å²) < 4.78 is 2.04. The van der Waals surface area contributed by atoms with Crippen molar-refractivity contribution in [2.24, 2.45) is 0 Å². The van der Waals surface area contributed by atoms with Crippen LogP contribution in [0, 0.1) is 6.92 Å². The molecule has 1 fully saturated rings. The zero-order chi connectivity index (χ0) is 20.9. The van der Waals surface area contributed by atoms with Gasteiger partial charge >= 0.3 is 0 Å². The quantitative estimate of drug-likeness (QED) is 0.548. The Labute approximate surface area is 181 Å². The monoisotopic (exact) mass is 421 g/mol. The lowest BCUT2D eigenvalue weighted by molar-refractivity contribution is -0.129. The Hall–Kier alpha value is -2.67. The number of thioether (sulfide) groups is 1. The topological polar surface area (TPSA) is 63.9 Å². The number of aromatic nitrogens is 4. The summed E-state index contributed by atoms with van der Waals surface area (Å²) in [6.45, 7) is 2.07. The number of carbonyl (C=O) groups is 1. The minimum atomic E-state index is 0.150. The average Bonchev–Trinajstić information content (AvgIpc) is 3.22. The summed E-state index contributed by atoms with van der Waals surface area (Å²) in [7, 11) is 1.94. The lowest BCUT2D eigenvalue weighted by Crippen LogP contribution is -2.39. The van der Waals surface area contributed by atoms with Gasteiger partial charge in [0, 0.05) is 31.0 Å². The van der Waals surface area contributed by atoms with Gasteiger partial charge in [-0.05, 0) is 43.5 Å². The Morgan fingerprint density at radius 3 is 2.57 bits per heavy atom. The van der Waals surface area contributed by atoms with Crippen molar-refractivity contribution in [3.05, 3.63) is 54.4 Å². The molecule has 0 spiro atoms. The van der Waals surface area contributed by atoms with Crippen molar-refractivity contribution in [2.75, 3.05) is 12.8 Å². The summed E-state index contributed by atoms with van der Waals surface area (Å²) in [5, 5.41) is 9.62. The van der Waals surface area contributed by atoms with Crippen LogP contribution in [-0.4, -0.2) is 49.4 Å². The average molecular weight is 422 g/mol. The lowest BCUT2D eigenvalue weighted by atomic mass is 9.94. The summed E-state index contributed by atoms with van der Waals surface area (Å²) in [6, 6.07) is 12.4. The molecular formula is C23H27N5OS. The van der Waals surface area contributed by atoms with Crippen LogP contribution in [0.3, 0.4) is 0 Å². The van der Waals surface area contributed by atoms with E-state index in [2.05, 4.69) is 34.2 Å². The smallest absolute Gasteiger partial charge is 0.233 e. The molecular weight excluding hydrogens is 394 g/mol. The summed E-state index contributed by atoms with van der Waals surface area (Å²) in [5.41, 5.74) is 3.09. The summed E-state index contributed by atoms with van der Waals surface area (Å²) in [4.78, 5) is 18.9. The molecule has 1 aliphatic carbocycles. The van der Waals surface area contributed by atoms with Gasteiger partial charge in [-0.1, -0.05) is 49.2 Å². The van der Waals surface area contributed by atoms with E-state index in [1.165, 1.54) is 31.0 Å². The molecule has 0 bridgehead atoms. The number of benzene rings is 1. The van der Waals surface area contributed by atoms with Crippen LogP contribution >= 0.6 is 11.8 Å². The van der Waals surface area contributed by atoms with Gasteiger partial charge in [-0.15, -0.1) is 10.2 Å². The van der Waals surface area contributed by atoms with Gasteiger partial charge in [0.2, 0.25) is 5.91 Å². The maximum absolute atomic E-state index is 12.8. The maximum atomic E-state index is 12.8. The Kier molecular flexibility index (Phi) is 6.47. The second-order valence-corrected chi connectivity index (χ2v) is 8.69. The van der Waals surface area contributed by atoms with Crippen LogP contribution in [0.5, 0.6) is 0 Å². The highest BCUT2D eigenvalue weighted by Crippen LogP contribution is 2.30. The van der Waals surface area contributed by atoms with Crippen molar-refractivity contribution in [3.63, 3.8) is 0 Å². The zero-order valence-electron chi connectivity index (χ0n) is 17.5. The first kappa shape index (κ1) is 20.6. The van der Waals surface area contributed by atoms with Gasteiger partial charge in [-0.3, -0.25) is 14.3 Å². The minimum Gasteiger partial charge on any atom is -0.342 e. The van der Waals surface area contributed by atoms with Crippen molar-refractivity contribution in [3.8, 4) is 17.1 Å². The van der Waals surface area contributed by atoms with E-state index in [4.69, 9.17) is 0 Å². The standard InChI is InChI=1S/C23H27N5OS/c1-17-8-6-7-11-20(17)28-22(18-12-14-24-15-13-18)25-26-23(28)30-16-21(29)27(2)19-9-4-3-5-10-19/h6-8,11-15,19H,3-5,9-10,16H2,1-2H3. The van der Waals surface area contributed by atoms with Crippen LogP contribution in [0.15, 0.2) is 53.9 Å².